The zero-order valence-corrected chi connectivity index (χ0v) is 7.75. The minimum absolute atomic E-state index is 0.247. The zero-order chi connectivity index (χ0) is 9.47. The summed E-state index contributed by atoms with van der Waals surface area (Å²) in [5, 5.41) is 8.49. The van der Waals surface area contributed by atoms with Crippen LogP contribution in [-0.2, 0) is 15.8 Å². The molecule has 5 nitrogen and oxygen atoms in total. The van der Waals surface area contributed by atoms with Crippen molar-refractivity contribution in [2.75, 3.05) is 0 Å². The van der Waals surface area contributed by atoms with Crippen LogP contribution in [0, 0.1) is 0 Å². The molecule has 1 saturated carbocycles. The van der Waals surface area contributed by atoms with Crippen molar-refractivity contribution in [1.82, 2.24) is 5.16 Å². The van der Waals surface area contributed by atoms with Crippen LogP contribution in [0.4, 0.5) is 0 Å². The van der Waals surface area contributed by atoms with Gasteiger partial charge in [0.2, 0.25) is 10.0 Å². The summed E-state index contributed by atoms with van der Waals surface area (Å²) in [6.45, 7) is 0. The summed E-state index contributed by atoms with van der Waals surface area (Å²) in [5.41, 5.74) is 0.393. The first-order valence-electron chi connectivity index (χ1n) is 4.00. The number of hydrogen-bond acceptors (Lipinski definition) is 4. The minimum atomic E-state index is -3.49. The molecular weight excluding hydrogens is 192 g/mol. The summed E-state index contributed by atoms with van der Waals surface area (Å²) in [7, 11) is -3.49. The highest BCUT2D eigenvalue weighted by Gasteiger charge is 2.28. The molecule has 1 aromatic heterocycles. The second-order valence-corrected chi connectivity index (χ2v) is 4.92. The lowest BCUT2D eigenvalue weighted by atomic mass is 10.3. The van der Waals surface area contributed by atoms with Crippen molar-refractivity contribution in [1.29, 1.82) is 0 Å². The topological polar surface area (TPSA) is 86.2 Å². The molecule has 1 aromatic rings. The summed E-state index contributed by atoms with van der Waals surface area (Å²) < 4.78 is 26.3. The second kappa shape index (κ2) is 2.81. The van der Waals surface area contributed by atoms with Gasteiger partial charge in [0, 0.05) is 12.0 Å². The maximum Gasteiger partial charge on any atom is 0.214 e. The SMILES string of the molecule is NS(=O)(=O)Cc1cc(C2CC2)on1. The lowest BCUT2D eigenvalue weighted by Gasteiger charge is -1.89. The molecule has 72 valence electrons. The fraction of sp³-hybridized carbons (Fsp3) is 0.571. The minimum Gasteiger partial charge on any atom is -0.361 e. The van der Waals surface area contributed by atoms with E-state index in [2.05, 4.69) is 5.16 Å². The molecule has 0 saturated heterocycles. The van der Waals surface area contributed by atoms with E-state index in [1.54, 1.807) is 6.07 Å². The van der Waals surface area contributed by atoms with Gasteiger partial charge in [0.25, 0.3) is 0 Å². The average Bonchev–Trinajstić information content (AvgIpc) is 2.72. The van der Waals surface area contributed by atoms with Crippen LogP contribution < -0.4 is 5.14 Å². The van der Waals surface area contributed by atoms with E-state index < -0.39 is 10.0 Å². The third-order valence-corrected chi connectivity index (χ3v) is 2.60. The number of nitrogens with zero attached hydrogens (tertiary/aromatic N) is 1. The fourth-order valence-corrected chi connectivity index (χ4v) is 1.71. The van der Waals surface area contributed by atoms with Gasteiger partial charge in [-0.05, 0) is 12.8 Å². The van der Waals surface area contributed by atoms with Crippen molar-refractivity contribution >= 4 is 10.0 Å². The molecule has 0 aliphatic heterocycles. The van der Waals surface area contributed by atoms with Crippen LogP contribution in [0.15, 0.2) is 10.6 Å². The van der Waals surface area contributed by atoms with Gasteiger partial charge in [-0.2, -0.15) is 0 Å². The maximum atomic E-state index is 10.7. The Morgan fingerprint density at radius 1 is 1.62 bits per heavy atom. The van der Waals surface area contributed by atoms with E-state index in [4.69, 9.17) is 9.66 Å². The Morgan fingerprint density at radius 3 is 2.85 bits per heavy atom. The number of primary sulfonamides is 1. The Morgan fingerprint density at radius 2 is 2.31 bits per heavy atom. The van der Waals surface area contributed by atoms with Crippen LogP contribution in [0.2, 0.25) is 0 Å². The van der Waals surface area contributed by atoms with E-state index in [9.17, 15) is 8.42 Å². The molecule has 1 aliphatic carbocycles. The Labute approximate surface area is 76.0 Å². The van der Waals surface area contributed by atoms with Crippen LogP contribution in [0.3, 0.4) is 0 Å². The number of aromatic nitrogens is 1. The van der Waals surface area contributed by atoms with Gasteiger partial charge in [0.15, 0.2) is 0 Å². The number of hydrogen-bond donors (Lipinski definition) is 1. The van der Waals surface area contributed by atoms with Gasteiger partial charge in [-0.1, -0.05) is 5.16 Å². The summed E-state index contributed by atoms with van der Waals surface area (Å²) in [6, 6.07) is 1.67. The quantitative estimate of drug-likeness (QED) is 0.765. The van der Waals surface area contributed by atoms with Gasteiger partial charge in [0.05, 0.1) is 0 Å². The first-order valence-corrected chi connectivity index (χ1v) is 5.72. The first kappa shape index (κ1) is 8.71. The van der Waals surface area contributed by atoms with E-state index in [1.165, 1.54) is 0 Å². The van der Waals surface area contributed by atoms with Gasteiger partial charge < -0.3 is 4.52 Å². The van der Waals surface area contributed by atoms with Crippen molar-refractivity contribution in [3.63, 3.8) is 0 Å². The van der Waals surface area contributed by atoms with Gasteiger partial charge >= 0.3 is 0 Å². The van der Waals surface area contributed by atoms with Gasteiger partial charge in [-0.15, -0.1) is 0 Å². The van der Waals surface area contributed by atoms with Crippen LogP contribution in [0.5, 0.6) is 0 Å². The third-order valence-electron chi connectivity index (χ3n) is 1.91. The van der Waals surface area contributed by atoms with Crippen molar-refractivity contribution in [2.24, 2.45) is 5.14 Å². The van der Waals surface area contributed by atoms with E-state index in [0.717, 1.165) is 18.6 Å². The molecule has 0 bridgehead atoms. The zero-order valence-electron chi connectivity index (χ0n) is 6.93. The van der Waals surface area contributed by atoms with Crippen molar-refractivity contribution in [3.05, 3.63) is 17.5 Å². The van der Waals surface area contributed by atoms with Crippen molar-refractivity contribution in [2.45, 2.75) is 24.5 Å². The molecule has 0 amide bonds. The normalized spacial score (nSPS) is 17.6. The fourth-order valence-electron chi connectivity index (χ4n) is 1.16. The summed E-state index contributed by atoms with van der Waals surface area (Å²) in [4.78, 5) is 0. The molecular formula is C7H10N2O3S. The van der Waals surface area contributed by atoms with Crippen LogP contribution in [0.1, 0.15) is 30.2 Å². The first-order chi connectivity index (χ1) is 6.04. The molecule has 0 aromatic carbocycles. The molecule has 1 aliphatic rings. The van der Waals surface area contributed by atoms with Crippen molar-refractivity contribution < 1.29 is 12.9 Å². The Hall–Kier alpha value is -0.880. The Balaban J connectivity index is 2.13. The molecule has 2 rings (SSSR count). The van der Waals surface area contributed by atoms with Crippen LogP contribution in [0.25, 0.3) is 0 Å². The van der Waals surface area contributed by atoms with Crippen LogP contribution in [-0.4, -0.2) is 13.6 Å². The Kier molecular flexibility index (Phi) is 1.88. The highest BCUT2D eigenvalue weighted by molar-refractivity contribution is 7.88. The molecule has 1 heterocycles. The lowest BCUT2D eigenvalue weighted by molar-refractivity contribution is 0.380. The van der Waals surface area contributed by atoms with Crippen LogP contribution >= 0.6 is 0 Å². The molecule has 0 atom stereocenters. The third kappa shape index (κ3) is 2.28. The molecule has 2 N–H and O–H groups in total. The average molecular weight is 202 g/mol. The molecule has 13 heavy (non-hydrogen) atoms. The number of nitrogens with two attached hydrogens (primary N) is 1. The van der Waals surface area contributed by atoms with Crippen molar-refractivity contribution in [3.8, 4) is 0 Å². The monoisotopic (exact) mass is 202 g/mol. The predicted octanol–water partition coefficient (Wildman–Crippen LogP) is 0.341. The van der Waals surface area contributed by atoms with Gasteiger partial charge in [-0.25, -0.2) is 13.6 Å². The molecule has 0 unspecified atom stereocenters. The number of sulfonamides is 1. The summed E-state index contributed by atoms with van der Waals surface area (Å²) >= 11 is 0. The van der Waals surface area contributed by atoms with E-state index in [0.29, 0.717) is 11.6 Å². The lowest BCUT2D eigenvalue weighted by Crippen LogP contribution is -2.14. The number of rotatable bonds is 3. The van der Waals surface area contributed by atoms with E-state index in [-0.39, 0.29) is 5.75 Å². The maximum absolute atomic E-state index is 10.7. The standard InChI is InChI=1S/C7H10N2O3S/c8-13(10,11)4-6-3-7(12-9-6)5-1-2-5/h3,5H,1-2,4H2,(H2,8,10,11). The van der Waals surface area contributed by atoms with Gasteiger partial charge in [-0.3, -0.25) is 0 Å². The smallest absolute Gasteiger partial charge is 0.214 e. The molecule has 6 heteroatoms. The molecule has 1 fully saturated rings. The predicted molar refractivity (Wildman–Crippen MR) is 45.3 cm³/mol. The second-order valence-electron chi connectivity index (χ2n) is 3.30. The Bertz CT molecular complexity index is 405. The molecule has 0 spiro atoms. The summed E-state index contributed by atoms with van der Waals surface area (Å²) in [6.07, 6.45) is 2.20. The van der Waals surface area contributed by atoms with E-state index in [1.807, 2.05) is 0 Å². The highest BCUT2D eigenvalue weighted by Crippen LogP contribution is 2.40. The summed E-state index contributed by atoms with van der Waals surface area (Å²) in [5.74, 6) is 0.976. The molecule has 0 radical (unpaired) electrons. The highest BCUT2D eigenvalue weighted by atomic mass is 32.2. The van der Waals surface area contributed by atoms with E-state index >= 15 is 0 Å². The largest absolute Gasteiger partial charge is 0.361 e. The van der Waals surface area contributed by atoms with Gasteiger partial charge in [0.1, 0.15) is 17.2 Å².